The number of nitrogens with zero attached hydrogens (tertiary/aromatic N) is 2. The van der Waals surface area contributed by atoms with Crippen molar-refractivity contribution in [1.29, 1.82) is 0 Å². The summed E-state index contributed by atoms with van der Waals surface area (Å²) in [7, 11) is 0. The molecule has 1 heterocycles. The number of aromatic nitrogens is 1. The van der Waals surface area contributed by atoms with Crippen LogP contribution in [-0.4, -0.2) is 21.0 Å². The van der Waals surface area contributed by atoms with E-state index in [2.05, 4.69) is 4.98 Å². The van der Waals surface area contributed by atoms with Gasteiger partial charge >= 0.3 is 5.97 Å². The molecule has 1 aromatic heterocycles. The van der Waals surface area contributed by atoms with Crippen LogP contribution in [0.4, 0.5) is 5.69 Å². The molecule has 14 heavy (non-hydrogen) atoms. The van der Waals surface area contributed by atoms with Gasteiger partial charge in [-0.15, -0.1) is 0 Å². The molecule has 0 fully saturated rings. The molecular weight excluding hydrogens is 212 g/mol. The van der Waals surface area contributed by atoms with Crippen LogP contribution in [0, 0.1) is 10.1 Å². The van der Waals surface area contributed by atoms with Crippen LogP contribution >= 0.6 is 11.6 Å². The molecule has 0 aliphatic rings. The normalized spacial score (nSPS) is 9.79. The maximum Gasteiger partial charge on any atom is 0.308 e. The van der Waals surface area contributed by atoms with Gasteiger partial charge in [0.2, 0.25) is 0 Å². The maximum absolute atomic E-state index is 10.5. The highest BCUT2D eigenvalue weighted by molar-refractivity contribution is 6.31. The lowest BCUT2D eigenvalue weighted by Gasteiger charge is -2.00. The Bertz CT molecular complexity index is 393. The summed E-state index contributed by atoms with van der Waals surface area (Å²) in [6.07, 6.45) is 1.66. The van der Waals surface area contributed by atoms with Gasteiger partial charge in [-0.3, -0.25) is 19.9 Å². The zero-order chi connectivity index (χ0) is 10.7. The number of carboxylic acids is 1. The summed E-state index contributed by atoms with van der Waals surface area (Å²) >= 11 is 5.59. The molecule has 0 aliphatic heterocycles. The van der Waals surface area contributed by atoms with Crippen molar-refractivity contribution in [3.63, 3.8) is 0 Å². The fraction of sp³-hybridized carbons (Fsp3) is 0.143. The highest BCUT2D eigenvalue weighted by atomic mass is 35.5. The summed E-state index contributed by atoms with van der Waals surface area (Å²) in [5, 5.41) is 19.0. The molecule has 0 aliphatic carbocycles. The third kappa shape index (κ3) is 2.17. The highest BCUT2D eigenvalue weighted by Gasteiger charge is 2.19. The lowest BCUT2D eigenvalue weighted by atomic mass is 10.1. The molecule has 0 amide bonds. The summed E-state index contributed by atoms with van der Waals surface area (Å²) in [5.41, 5.74) is -0.404. The number of hydrogen-bond donors (Lipinski definition) is 1. The van der Waals surface area contributed by atoms with Crippen LogP contribution < -0.4 is 0 Å². The van der Waals surface area contributed by atoms with Crippen LogP contribution in [0.15, 0.2) is 12.4 Å². The fourth-order valence-electron chi connectivity index (χ4n) is 0.935. The minimum absolute atomic E-state index is 0.0124. The molecule has 0 unspecified atom stereocenters. The summed E-state index contributed by atoms with van der Waals surface area (Å²) in [6, 6.07) is 0. The van der Waals surface area contributed by atoms with Crippen LogP contribution in [0.5, 0.6) is 0 Å². The van der Waals surface area contributed by atoms with E-state index in [9.17, 15) is 14.9 Å². The number of hydrogen-bond acceptors (Lipinski definition) is 4. The van der Waals surface area contributed by atoms with Gasteiger partial charge in [-0.1, -0.05) is 11.6 Å². The van der Waals surface area contributed by atoms with Crippen molar-refractivity contribution < 1.29 is 14.8 Å². The first-order chi connectivity index (χ1) is 6.52. The minimum Gasteiger partial charge on any atom is -0.481 e. The van der Waals surface area contributed by atoms with Gasteiger partial charge in [0.1, 0.15) is 6.20 Å². The molecule has 7 heteroatoms. The van der Waals surface area contributed by atoms with Gasteiger partial charge in [-0.25, -0.2) is 0 Å². The smallest absolute Gasteiger partial charge is 0.308 e. The Balaban J connectivity index is 3.22. The molecule has 0 bridgehead atoms. The molecule has 1 aromatic rings. The standard InChI is InChI=1S/C7H5ClN2O4/c8-5-2-9-3-6(10(13)14)4(5)1-7(11)12/h2-3H,1H2,(H,11,12). The van der Waals surface area contributed by atoms with Crippen LogP contribution in [0.2, 0.25) is 5.02 Å². The Morgan fingerprint density at radius 2 is 2.29 bits per heavy atom. The van der Waals surface area contributed by atoms with Gasteiger partial charge in [-0.05, 0) is 0 Å². The predicted molar refractivity (Wildman–Crippen MR) is 47.2 cm³/mol. The van der Waals surface area contributed by atoms with Crippen molar-refractivity contribution in [3.05, 3.63) is 33.1 Å². The topological polar surface area (TPSA) is 93.3 Å². The third-order valence-corrected chi connectivity index (χ3v) is 1.83. The fourth-order valence-corrected chi connectivity index (χ4v) is 1.16. The Morgan fingerprint density at radius 1 is 1.64 bits per heavy atom. The van der Waals surface area contributed by atoms with Crippen molar-refractivity contribution in [3.8, 4) is 0 Å². The van der Waals surface area contributed by atoms with E-state index in [1.165, 1.54) is 6.20 Å². The first-order valence-electron chi connectivity index (χ1n) is 3.51. The lowest BCUT2D eigenvalue weighted by molar-refractivity contribution is -0.385. The van der Waals surface area contributed by atoms with Crippen LogP contribution in [0.25, 0.3) is 0 Å². The van der Waals surface area contributed by atoms with Gasteiger partial charge in [0.05, 0.1) is 21.9 Å². The Morgan fingerprint density at radius 3 is 2.79 bits per heavy atom. The zero-order valence-electron chi connectivity index (χ0n) is 6.81. The van der Waals surface area contributed by atoms with Gasteiger partial charge in [-0.2, -0.15) is 0 Å². The van der Waals surface area contributed by atoms with E-state index in [0.717, 1.165) is 6.20 Å². The van der Waals surface area contributed by atoms with E-state index in [1.807, 2.05) is 0 Å². The first kappa shape index (κ1) is 10.4. The molecule has 0 spiro atoms. The average molecular weight is 217 g/mol. The van der Waals surface area contributed by atoms with Gasteiger partial charge in [0.25, 0.3) is 5.69 Å². The Labute approximate surface area is 83.3 Å². The van der Waals surface area contributed by atoms with Crippen LogP contribution in [0.1, 0.15) is 5.56 Å². The largest absolute Gasteiger partial charge is 0.481 e. The zero-order valence-corrected chi connectivity index (χ0v) is 7.56. The number of halogens is 1. The second-order valence-electron chi connectivity index (χ2n) is 2.45. The highest BCUT2D eigenvalue weighted by Crippen LogP contribution is 2.24. The number of rotatable bonds is 3. The molecule has 6 nitrogen and oxygen atoms in total. The average Bonchev–Trinajstić information content (AvgIpc) is 2.07. The van der Waals surface area contributed by atoms with E-state index < -0.39 is 17.3 Å². The molecule has 0 saturated heterocycles. The molecular formula is C7H5ClN2O4. The molecule has 0 atom stereocenters. The van der Waals surface area contributed by atoms with E-state index in [0.29, 0.717) is 0 Å². The van der Waals surface area contributed by atoms with Crippen molar-refractivity contribution in [1.82, 2.24) is 4.98 Å². The number of aliphatic carboxylic acids is 1. The third-order valence-electron chi connectivity index (χ3n) is 1.51. The molecule has 74 valence electrons. The number of carboxylic acid groups (broad SMARTS) is 1. The van der Waals surface area contributed by atoms with E-state index in [4.69, 9.17) is 16.7 Å². The van der Waals surface area contributed by atoms with E-state index in [-0.39, 0.29) is 16.3 Å². The van der Waals surface area contributed by atoms with Crippen molar-refractivity contribution >= 4 is 23.3 Å². The van der Waals surface area contributed by atoms with Crippen molar-refractivity contribution in [2.75, 3.05) is 0 Å². The SMILES string of the molecule is O=C(O)Cc1c(Cl)cncc1[N+](=O)[O-]. The second-order valence-corrected chi connectivity index (χ2v) is 2.85. The number of pyridine rings is 1. The van der Waals surface area contributed by atoms with Crippen molar-refractivity contribution in [2.45, 2.75) is 6.42 Å². The van der Waals surface area contributed by atoms with Crippen LogP contribution in [-0.2, 0) is 11.2 Å². The summed E-state index contributed by atoms with van der Waals surface area (Å²) in [5.74, 6) is -1.18. The number of carbonyl (C=O) groups is 1. The quantitative estimate of drug-likeness (QED) is 0.607. The number of nitro groups is 1. The summed E-state index contributed by atoms with van der Waals surface area (Å²) in [4.78, 5) is 23.7. The van der Waals surface area contributed by atoms with Gasteiger partial charge in [0, 0.05) is 6.20 Å². The second kappa shape index (κ2) is 4.01. The monoisotopic (exact) mass is 216 g/mol. The van der Waals surface area contributed by atoms with Gasteiger partial charge < -0.3 is 5.11 Å². The van der Waals surface area contributed by atoms with E-state index >= 15 is 0 Å². The van der Waals surface area contributed by atoms with E-state index in [1.54, 1.807) is 0 Å². The molecule has 0 radical (unpaired) electrons. The summed E-state index contributed by atoms with van der Waals surface area (Å²) in [6.45, 7) is 0. The molecule has 0 saturated carbocycles. The minimum atomic E-state index is -1.18. The Hall–Kier alpha value is -1.69. The van der Waals surface area contributed by atoms with Gasteiger partial charge in [0.15, 0.2) is 0 Å². The molecule has 1 rings (SSSR count). The first-order valence-corrected chi connectivity index (χ1v) is 3.88. The lowest BCUT2D eigenvalue weighted by Crippen LogP contribution is -2.05. The predicted octanol–water partition coefficient (Wildman–Crippen LogP) is 1.27. The van der Waals surface area contributed by atoms with Crippen LogP contribution in [0.3, 0.4) is 0 Å². The Kier molecular flexibility index (Phi) is 2.98. The molecule has 0 aromatic carbocycles. The summed E-state index contributed by atoms with van der Waals surface area (Å²) < 4.78 is 0. The maximum atomic E-state index is 10.5. The van der Waals surface area contributed by atoms with Crippen molar-refractivity contribution in [2.24, 2.45) is 0 Å². The molecule has 1 N–H and O–H groups in total.